The summed E-state index contributed by atoms with van der Waals surface area (Å²) in [5.74, 6) is 0.162. The number of hydrogen-bond acceptors (Lipinski definition) is 3. The fraction of sp³-hybridized carbons (Fsp3) is 0.474. The summed E-state index contributed by atoms with van der Waals surface area (Å²) in [5, 5.41) is 21.3. The summed E-state index contributed by atoms with van der Waals surface area (Å²) in [6.45, 7) is 4.13. The Morgan fingerprint density at radius 1 is 1.35 bits per heavy atom. The molecule has 2 aliphatic heterocycles. The van der Waals surface area contributed by atoms with Crippen LogP contribution < -0.4 is 0 Å². The predicted octanol–water partition coefficient (Wildman–Crippen LogP) is 2.17. The van der Waals surface area contributed by atoms with Gasteiger partial charge in [0, 0.05) is 42.2 Å². The van der Waals surface area contributed by atoms with E-state index in [4.69, 9.17) is 0 Å². The van der Waals surface area contributed by atoms with Crippen LogP contribution in [0.25, 0.3) is 10.9 Å². The third-order valence-electron chi connectivity index (χ3n) is 5.87. The fourth-order valence-electron chi connectivity index (χ4n) is 4.82. The Morgan fingerprint density at radius 3 is 2.91 bits per heavy atom. The summed E-state index contributed by atoms with van der Waals surface area (Å²) < 4.78 is 0. The minimum Gasteiger partial charge on any atom is -0.396 e. The zero-order valence-electron chi connectivity index (χ0n) is 13.5. The molecule has 122 valence electrons. The number of aromatic nitrogens is 1. The number of hydrogen-bond donors (Lipinski definition) is 3. The van der Waals surface area contributed by atoms with Gasteiger partial charge in [0.25, 0.3) is 0 Å². The second kappa shape index (κ2) is 5.48. The fourth-order valence-corrected chi connectivity index (χ4v) is 4.82. The number of para-hydroxylation sites is 1. The third-order valence-corrected chi connectivity index (χ3v) is 5.87. The van der Waals surface area contributed by atoms with E-state index in [1.165, 1.54) is 16.5 Å². The minimum atomic E-state index is -0.419. The van der Waals surface area contributed by atoms with Crippen LogP contribution >= 0.6 is 0 Å². The van der Waals surface area contributed by atoms with Crippen molar-refractivity contribution in [3.05, 3.63) is 47.2 Å². The van der Waals surface area contributed by atoms with Crippen molar-refractivity contribution in [3.8, 4) is 0 Å². The van der Waals surface area contributed by atoms with Gasteiger partial charge in [-0.25, -0.2) is 0 Å². The maximum Gasteiger partial charge on any atom is 0.0918 e. The van der Waals surface area contributed by atoms with Crippen LogP contribution in [0.2, 0.25) is 0 Å². The number of rotatable bonds is 3. The minimum absolute atomic E-state index is 0.0782. The lowest BCUT2D eigenvalue weighted by Crippen LogP contribution is -2.52. The van der Waals surface area contributed by atoms with E-state index in [0.29, 0.717) is 6.42 Å². The van der Waals surface area contributed by atoms with Gasteiger partial charge in [-0.1, -0.05) is 29.8 Å². The molecule has 0 radical (unpaired) electrons. The van der Waals surface area contributed by atoms with Crippen molar-refractivity contribution in [1.29, 1.82) is 0 Å². The standard InChI is InChI=1S/C19H24N2O2/c1-2-13-11-21-9-7-15-14-5-3-4-6-17(14)20-18(15)19(21,12-23)16(13)8-10-22/h2-6,16,20,22-23H,7-12H2,1H3/b13-2+/t16-,19+/m0/s1. The second-order valence-electron chi connectivity index (χ2n) is 6.71. The van der Waals surface area contributed by atoms with Gasteiger partial charge in [-0.05, 0) is 31.4 Å². The van der Waals surface area contributed by atoms with E-state index in [1.54, 1.807) is 0 Å². The Kier molecular flexibility index (Phi) is 3.56. The van der Waals surface area contributed by atoms with Gasteiger partial charge in [0.15, 0.2) is 0 Å². The van der Waals surface area contributed by atoms with Gasteiger partial charge < -0.3 is 15.2 Å². The van der Waals surface area contributed by atoms with Crippen LogP contribution in [0.4, 0.5) is 0 Å². The molecule has 0 saturated carbocycles. The van der Waals surface area contributed by atoms with Gasteiger partial charge in [-0.15, -0.1) is 0 Å². The van der Waals surface area contributed by atoms with Crippen molar-refractivity contribution in [1.82, 2.24) is 9.88 Å². The topological polar surface area (TPSA) is 59.5 Å². The average molecular weight is 312 g/mol. The Bertz CT molecular complexity index is 764. The second-order valence-corrected chi connectivity index (χ2v) is 6.71. The Labute approximate surface area is 136 Å². The first-order valence-electron chi connectivity index (χ1n) is 8.48. The van der Waals surface area contributed by atoms with Crippen LogP contribution in [0.15, 0.2) is 35.9 Å². The van der Waals surface area contributed by atoms with Gasteiger partial charge in [0.1, 0.15) is 0 Å². The predicted molar refractivity (Wildman–Crippen MR) is 91.3 cm³/mol. The van der Waals surface area contributed by atoms with E-state index >= 15 is 0 Å². The zero-order chi connectivity index (χ0) is 16.0. The maximum absolute atomic E-state index is 10.5. The monoisotopic (exact) mass is 312 g/mol. The van der Waals surface area contributed by atoms with Gasteiger partial charge in [0.05, 0.1) is 12.1 Å². The first kappa shape index (κ1) is 14.9. The van der Waals surface area contributed by atoms with E-state index < -0.39 is 5.54 Å². The number of aliphatic hydroxyl groups is 2. The molecule has 1 aromatic carbocycles. The van der Waals surface area contributed by atoms with E-state index in [-0.39, 0.29) is 19.1 Å². The molecular formula is C19H24N2O2. The van der Waals surface area contributed by atoms with Gasteiger partial charge in [-0.2, -0.15) is 0 Å². The molecule has 0 spiro atoms. The molecule has 2 aromatic rings. The summed E-state index contributed by atoms with van der Waals surface area (Å²) in [7, 11) is 0. The molecule has 1 fully saturated rings. The number of H-pyrrole nitrogens is 1. The summed E-state index contributed by atoms with van der Waals surface area (Å²) >= 11 is 0. The first-order valence-corrected chi connectivity index (χ1v) is 8.48. The Balaban J connectivity index is 1.96. The number of nitrogens with one attached hydrogen (secondary N) is 1. The molecule has 4 nitrogen and oxygen atoms in total. The summed E-state index contributed by atoms with van der Waals surface area (Å²) in [4.78, 5) is 6.00. The van der Waals surface area contributed by atoms with Crippen molar-refractivity contribution in [2.45, 2.75) is 25.3 Å². The molecule has 3 heterocycles. The van der Waals surface area contributed by atoms with Gasteiger partial charge in [-0.3, -0.25) is 4.90 Å². The van der Waals surface area contributed by atoms with Crippen molar-refractivity contribution >= 4 is 10.9 Å². The Morgan fingerprint density at radius 2 is 2.17 bits per heavy atom. The maximum atomic E-state index is 10.5. The lowest BCUT2D eigenvalue weighted by atomic mass is 9.75. The molecular weight excluding hydrogens is 288 g/mol. The molecule has 3 N–H and O–H groups in total. The lowest BCUT2D eigenvalue weighted by molar-refractivity contribution is 0.0144. The molecule has 2 aliphatic rings. The zero-order valence-corrected chi connectivity index (χ0v) is 13.5. The van der Waals surface area contributed by atoms with Crippen LogP contribution in [-0.4, -0.2) is 46.4 Å². The summed E-state index contributed by atoms with van der Waals surface area (Å²) in [6.07, 6.45) is 3.86. The average Bonchev–Trinajstić information content (AvgIpc) is 3.11. The molecule has 0 amide bonds. The van der Waals surface area contributed by atoms with Crippen molar-refractivity contribution < 1.29 is 10.2 Å². The van der Waals surface area contributed by atoms with E-state index in [9.17, 15) is 10.2 Å². The number of allylic oxidation sites excluding steroid dienone is 1. The number of nitrogens with zero attached hydrogens (tertiary/aromatic N) is 1. The van der Waals surface area contributed by atoms with Crippen LogP contribution in [0, 0.1) is 5.92 Å². The van der Waals surface area contributed by atoms with Gasteiger partial charge in [0.2, 0.25) is 0 Å². The number of fused-ring (bicyclic) bond motifs is 5. The SMILES string of the molecule is C/C=C1\CN2CCc3c([nH]c4ccccc34)[C@@]2(CO)[C@H]1CCO. The normalized spacial score (nSPS) is 29.2. The van der Waals surface area contributed by atoms with Crippen molar-refractivity contribution in [3.63, 3.8) is 0 Å². The van der Waals surface area contributed by atoms with E-state index in [2.05, 4.69) is 41.1 Å². The summed E-state index contributed by atoms with van der Waals surface area (Å²) in [5.41, 5.74) is 4.55. The van der Waals surface area contributed by atoms with E-state index in [1.807, 2.05) is 6.07 Å². The molecule has 0 bridgehead atoms. The Hall–Kier alpha value is -1.62. The number of aromatic amines is 1. The van der Waals surface area contributed by atoms with Crippen LogP contribution in [0.1, 0.15) is 24.6 Å². The highest BCUT2D eigenvalue weighted by atomic mass is 16.3. The van der Waals surface area contributed by atoms with Crippen LogP contribution in [-0.2, 0) is 12.0 Å². The largest absolute Gasteiger partial charge is 0.396 e. The van der Waals surface area contributed by atoms with Crippen molar-refractivity contribution in [2.24, 2.45) is 5.92 Å². The third kappa shape index (κ3) is 1.89. The first-order chi connectivity index (χ1) is 11.3. The molecule has 4 rings (SSSR count). The molecule has 1 saturated heterocycles. The van der Waals surface area contributed by atoms with Gasteiger partial charge >= 0.3 is 0 Å². The highest BCUT2D eigenvalue weighted by Gasteiger charge is 2.54. The highest BCUT2D eigenvalue weighted by Crippen LogP contribution is 2.51. The highest BCUT2D eigenvalue weighted by molar-refractivity contribution is 5.85. The van der Waals surface area contributed by atoms with Crippen molar-refractivity contribution in [2.75, 3.05) is 26.3 Å². The molecule has 2 atom stereocenters. The quantitative estimate of drug-likeness (QED) is 0.761. The molecule has 0 aliphatic carbocycles. The lowest BCUT2D eigenvalue weighted by Gasteiger charge is -2.44. The van der Waals surface area contributed by atoms with Crippen LogP contribution in [0.3, 0.4) is 0 Å². The van der Waals surface area contributed by atoms with Crippen LogP contribution in [0.5, 0.6) is 0 Å². The molecule has 1 aromatic heterocycles. The molecule has 4 heteroatoms. The molecule has 0 unspecified atom stereocenters. The van der Waals surface area contributed by atoms with E-state index in [0.717, 1.165) is 30.7 Å². The molecule has 23 heavy (non-hydrogen) atoms. The smallest absolute Gasteiger partial charge is 0.0918 e. The summed E-state index contributed by atoms with van der Waals surface area (Å²) in [6, 6.07) is 8.39. The number of aliphatic hydroxyl groups excluding tert-OH is 2. The number of benzene rings is 1.